The molecule has 0 aliphatic carbocycles. The Hall–Kier alpha value is -2.55. The van der Waals surface area contributed by atoms with E-state index in [-0.39, 0.29) is 12.2 Å². The number of nitrogens with zero attached hydrogens (tertiary/aromatic N) is 2. The van der Waals surface area contributed by atoms with E-state index in [0.29, 0.717) is 18.9 Å². The first-order valence-corrected chi connectivity index (χ1v) is 6.96. The van der Waals surface area contributed by atoms with E-state index in [1.165, 1.54) is 0 Å². The number of halogens is 2. The second kappa shape index (κ2) is 6.69. The topological polar surface area (TPSA) is 89.3 Å². The molecule has 0 atom stereocenters. The summed E-state index contributed by atoms with van der Waals surface area (Å²) in [5.74, 6) is -0.527. The van der Waals surface area contributed by atoms with Gasteiger partial charge >= 0.3 is 6.03 Å². The molecule has 23 heavy (non-hydrogen) atoms. The number of ether oxygens (including phenoxy) is 1. The number of urea groups is 1. The summed E-state index contributed by atoms with van der Waals surface area (Å²) in [6.07, 6.45) is -0.413. The van der Waals surface area contributed by atoms with Crippen molar-refractivity contribution in [2.75, 3.05) is 11.9 Å². The molecule has 3 heterocycles. The van der Waals surface area contributed by atoms with Crippen molar-refractivity contribution in [2.24, 2.45) is 0 Å². The summed E-state index contributed by atoms with van der Waals surface area (Å²) in [7, 11) is 0. The fourth-order valence-corrected chi connectivity index (χ4v) is 2.17. The van der Waals surface area contributed by atoms with Crippen LogP contribution in [0.5, 0.6) is 0 Å². The molecule has 122 valence electrons. The van der Waals surface area contributed by atoms with Crippen molar-refractivity contribution in [1.82, 2.24) is 15.5 Å². The van der Waals surface area contributed by atoms with Gasteiger partial charge in [-0.25, -0.2) is 13.6 Å². The minimum absolute atomic E-state index is 0.0243. The Morgan fingerprint density at radius 2 is 2.26 bits per heavy atom. The molecular formula is C14H14F2N4O3. The van der Waals surface area contributed by atoms with Gasteiger partial charge in [0.15, 0.2) is 0 Å². The van der Waals surface area contributed by atoms with E-state index < -0.39 is 18.2 Å². The first-order valence-electron chi connectivity index (χ1n) is 6.96. The molecule has 0 saturated heterocycles. The third-order valence-electron chi connectivity index (χ3n) is 3.28. The van der Waals surface area contributed by atoms with Crippen molar-refractivity contribution in [3.63, 3.8) is 0 Å². The number of fused-ring (bicyclic) bond motifs is 1. The number of hydrogen-bond donors (Lipinski definition) is 2. The van der Waals surface area contributed by atoms with E-state index in [1.54, 1.807) is 12.3 Å². The van der Waals surface area contributed by atoms with Crippen LogP contribution in [0.25, 0.3) is 0 Å². The fraction of sp³-hybridized carbons (Fsp3) is 0.357. The summed E-state index contributed by atoms with van der Waals surface area (Å²) in [4.78, 5) is 16.1. The molecule has 3 rings (SSSR count). The van der Waals surface area contributed by atoms with Gasteiger partial charge in [0, 0.05) is 23.7 Å². The minimum atomic E-state index is -2.73. The maximum Gasteiger partial charge on any atom is 0.319 e. The van der Waals surface area contributed by atoms with E-state index in [1.807, 2.05) is 0 Å². The van der Waals surface area contributed by atoms with Gasteiger partial charge in [0.1, 0.15) is 5.69 Å². The van der Waals surface area contributed by atoms with Crippen LogP contribution in [0.4, 0.5) is 19.3 Å². The molecule has 2 amide bonds. The second-order valence-corrected chi connectivity index (χ2v) is 4.96. The second-order valence-electron chi connectivity index (χ2n) is 4.96. The van der Waals surface area contributed by atoms with Gasteiger partial charge in [-0.05, 0) is 6.07 Å². The third-order valence-corrected chi connectivity index (χ3v) is 3.28. The molecule has 2 N–H and O–H groups in total. The van der Waals surface area contributed by atoms with Gasteiger partial charge in [-0.15, -0.1) is 0 Å². The number of hydrogen-bond acceptors (Lipinski definition) is 5. The summed E-state index contributed by atoms with van der Waals surface area (Å²) in [5.41, 5.74) is 2.64. The van der Waals surface area contributed by atoms with E-state index in [9.17, 15) is 13.6 Å². The molecule has 2 aromatic heterocycles. The summed E-state index contributed by atoms with van der Waals surface area (Å²) < 4.78 is 34.5. The molecule has 1 aliphatic rings. The van der Waals surface area contributed by atoms with Gasteiger partial charge in [-0.1, -0.05) is 5.16 Å². The van der Waals surface area contributed by atoms with Crippen molar-refractivity contribution in [3.8, 4) is 0 Å². The average Bonchev–Trinajstić information content (AvgIpc) is 3.02. The Morgan fingerprint density at radius 3 is 3.04 bits per heavy atom. The van der Waals surface area contributed by atoms with E-state index in [4.69, 9.17) is 4.74 Å². The number of aromatic nitrogens is 2. The van der Waals surface area contributed by atoms with Crippen LogP contribution in [0.15, 0.2) is 22.9 Å². The zero-order valence-corrected chi connectivity index (χ0v) is 12.0. The first kappa shape index (κ1) is 15.3. The molecule has 9 heteroatoms. The summed E-state index contributed by atoms with van der Waals surface area (Å²) in [6, 6.07) is 2.40. The highest BCUT2D eigenvalue weighted by atomic mass is 19.3. The quantitative estimate of drug-likeness (QED) is 0.901. The molecule has 0 radical (unpaired) electrons. The molecule has 0 spiro atoms. The lowest BCUT2D eigenvalue weighted by molar-refractivity contribution is 0.109. The Balaban J connectivity index is 1.54. The van der Waals surface area contributed by atoms with Gasteiger partial charge in [0.05, 0.1) is 31.6 Å². The number of carbonyl (C=O) groups excluding carboxylic acids is 1. The minimum Gasteiger partial charge on any atom is -0.376 e. The number of nitrogens with one attached hydrogen (secondary N) is 2. The average molecular weight is 324 g/mol. The molecule has 1 aliphatic heterocycles. The monoisotopic (exact) mass is 324 g/mol. The SMILES string of the molecule is O=C(NCc1cc(C(F)F)on1)Nc1cnc2c(c1)COCC2. The maximum absolute atomic E-state index is 12.4. The lowest BCUT2D eigenvalue weighted by atomic mass is 10.1. The van der Waals surface area contributed by atoms with Gasteiger partial charge < -0.3 is 19.9 Å². The van der Waals surface area contributed by atoms with Crippen molar-refractivity contribution in [3.05, 3.63) is 41.0 Å². The van der Waals surface area contributed by atoms with Crippen molar-refractivity contribution < 1.29 is 22.8 Å². The molecule has 0 aromatic carbocycles. The van der Waals surface area contributed by atoms with Crippen LogP contribution in [0, 0.1) is 0 Å². The standard InChI is InChI=1S/C14H14F2N4O3/c15-13(16)12-4-10(20-23-12)6-18-14(21)19-9-3-8-7-22-2-1-11(8)17-5-9/h3-5,13H,1-2,6-7H2,(H2,18,19,21). The molecule has 0 fully saturated rings. The highest BCUT2D eigenvalue weighted by Crippen LogP contribution is 2.19. The van der Waals surface area contributed by atoms with E-state index >= 15 is 0 Å². The predicted molar refractivity (Wildman–Crippen MR) is 74.9 cm³/mol. The zero-order chi connectivity index (χ0) is 16.2. The number of rotatable bonds is 4. The normalized spacial score (nSPS) is 13.7. The van der Waals surface area contributed by atoms with Crippen LogP contribution in [0.1, 0.15) is 29.1 Å². The van der Waals surface area contributed by atoms with Crippen molar-refractivity contribution >= 4 is 11.7 Å². The molecule has 2 aromatic rings. The smallest absolute Gasteiger partial charge is 0.319 e. The predicted octanol–water partition coefficient (Wildman–Crippen LogP) is 2.40. The van der Waals surface area contributed by atoms with Crippen LogP contribution >= 0.6 is 0 Å². The Bertz CT molecular complexity index is 705. The Labute approximate surface area is 130 Å². The van der Waals surface area contributed by atoms with Gasteiger partial charge in [-0.3, -0.25) is 4.98 Å². The Kier molecular flexibility index (Phi) is 4.47. The maximum atomic E-state index is 12.4. The fourth-order valence-electron chi connectivity index (χ4n) is 2.17. The van der Waals surface area contributed by atoms with Crippen molar-refractivity contribution in [1.29, 1.82) is 0 Å². The molecular weight excluding hydrogens is 310 g/mol. The summed E-state index contributed by atoms with van der Waals surface area (Å²) in [6.45, 7) is 1.09. The van der Waals surface area contributed by atoms with E-state index in [0.717, 1.165) is 23.7 Å². The molecule has 0 saturated carbocycles. The number of pyridine rings is 1. The highest BCUT2D eigenvalue weighted by molar-refractivity contribution is 5.89. The largest absolute Gasteiger partial charge is 0.376 e. The van der Waals surface area contributed by atoms with Crippen LogP contribution in [-0.4, -0.2) is 22.8 Å². The van der Waals surface area contributed by atoms with Gasteiger partial charge in [-0.2, -0.15) is 0 Å². The summed E-state index contributed by atoms with van der Waals surface area (Å²) >= 11 is 0. The number of anilines is 1. The zero-order valence-electron chi connectivity index (χ0n) is 12.0. The molecule has 0 unspecified atom stereocenters. The molecule has 0 bridgehead atoms. The van der Waals surface area contributed by atoms with Gasteiger partial charge in [0.2, 0.25) is 5.76 Å². The first-order chi connectivity index (χ1) is 11.1. The van der Waals surface area contributed by atoms with Crippen LogP contribution in [0.3, 0.4) is 0 Å². The highest BCUT2D eigenvalue weighted by Gasteiger charge is 2.15. The Morgan fingerprint density at radius 1 is 1.39 bits per heavy atom. The van der Waals surface area contributed by atoms with Crippen LogP contribution in [-0.2, 0) is 24.3 Å². The molecule has 7 nitrogen and oxygen atoms in total. The number of alkyl halides is 2. The van der Waals surface area contributed by atoms with Crippen LogP contribution in [0.2, 0.25) is 0 Å². The third kappa shape index (κ3) is 3.81. The van der Waals surface area contributed by atoms with E-state index in [2.05, 4.69) is 25.3 Å². The van der Waals surface area contributed by atoms with Gasteiger partial charge in [0.25, 0.3) is 6.43 Å². The number of amides is 2. The lowest BCUT2D eigenvalue weighted by Gasteiger charge is -2.16. The lowest BCUT2D eigenvalue weighted by Crippen LogP contribution is -2.28. The number of carbonyl (C=O) groups is 1. The summed E-state index contributed by atoms with van der Waals surface area (Å²) in [5, 5.41) is 8.57. The van der Waals surface area contributed by atoms with Crippen LogP contribution < -0.4 is 10.6 Å². The van der Waals surface area contributed by atoms with Crippen molar-refractivity contribution in [2.45, 2.75) is 26.0 Å².